The molecular formula is C13H28N4O. The molecule has 1 aliphatic rings. The number of guanidine groups is 1. The molecule has 1 saturated heterocycles. The Morgan fingerprint density at radius 1 is 1.33 bits per heavy atom. The maximum Gasteiger partial charge on any atom is 0.191 e. The third-order valence-corrected chi connectivity index (χ3v) is 3.46. The molecular weight excluding hydrogens is 228 g/mol. The summed E-state index contributed by atoms with van der Waals surface area (Å²) in [5.74, 6) is 0.865. The summed E-state index contributed by atoms with van der Waals surface area (Å²) in [5.41, 5.74) is 0. The van der Waals surface area contributed by atoms with Crippen LogP contribution in [0.2, 0.25) is 0 Å². The molecule has 106 valence electrons. The Morgan fingerprint density at radius 2 is 2.06 bits per heavy atom. The van der Waals surface area contributed by atoms with Crippen LogP contribution in [-0.4, -0.2) is 63.8 Å². The van der Waals surface area contributed by atoms with Gasteiger partial charge in [0, 0.05) is 33.3 Å². The average molecular weight is 256 g/mol. The van der Waals surface area contributed by atoms with E-state index in [1.807, 2.05) is 0 Å². The first-order valence-electron chi connectivity index (χ1n) is 6.99. The Hall–Kier alpha value is -0.810. The molecule has 18 heavy (non-hydrogen) atoms. The third-order valence-electron chi connectivity index (χ3n) is 3.46. The lowest BCUT2D eigenvalue weighted by atomic mass is 10.2. The molecule has 0 saturated carbocycles. The number of hydrogen-bond donors (Lipinski definition) is 2. The number of hydrogen-bond acceptors (Lipinski definition) is 3. The van der Waals surface area contributed by atoms with Crippen LogP contribution in [0, 0.1) is 0 Å². The van der Waals surface area contributed by atoms with E-state index in [1.165, 1.54) is 32.4 Å². The molecule has 1 heterocycles. The van der Waals surface area contributed by atoms with E-state index in [2.05, 4.69) is 27.4 Å². The van der Waals surface area contributed by atoms with Crippen molar-refractivity contribution < 1.29 is 4.74 Å². The second-order valence-corrected chi connectivity index (χ2v) is 4.68. The van der Waals surface area contributed by atoms with Crippen molar-refractivity contribution in [2.45, 2.75) is 32.2 Å². The van der Waals surface area contributed by atoms with Gasteiger partial charge in [0.05, 0.1) is 6.61 Å². The molecule has 0 spiro atoms. The van der Waals surface area contributed by atoms with Crippen molar-refractivity contribution in [3.8, 4) is 0 Å². The number of ether oxygens (including phenoxy) is 1. The molecule has 5 heteroatoms. The van der Waals surface area contributed by atoms with Gasteiger partial charge in [0.2, 0.25) is 0 Å². The van der Waals surface area contributed by atoms with Gasteiger partial charge in [0.25, 0.3) is 0 Å². The maximum absolute atomic E-state index is 5.01. The SMILES string of the molecule is CCC(CNC(=NC)NCCOC)N1CCCC1. The van der Waals surface area contributed by atoms with Gasteiger partial charge in [-0.15, -0.1) is 0 Å². The molecule has 0 radical (unpaired) electrons. The number of rotatable bonds is 7. The van der Waals surface area contributed by atoms with E-state index in [9.17, 15) is 0 Å². The lowest BCUT2D eigenvalue weighted by Crippen LogP contribution is -2.46. The highest BCUT2D eigenvalue weighted by atomic mass is 16.5. The fraction of sp³-hybridized carbons (Fsp3) is 0.923. The molecule has 2 N–H and O–H groups in total. The molecule has 0 amide bonds. The van der Waals surface area contributed by atoms with E-state index in [4.69, 9.17) is 4.74 Å². The predicted molar refractivity (Wildman–Crippen MR) is 76.1 cm³/mol. The van der Waals surface area contributed by atoms with Crippen LogP contribution in [0.3, 0.4) is 0 Å². The third kappa shape index (κ3) is 5.23. The van der Waals surface area contributed by atoms with Crippen molar-refractivity contribution in [2.24, 2.45) is 4.99 Å². The first-order valence-corrected chi connectivity index (χ1v) is 6.99. The van der Waals surface area contributed by atoms with Crippen molar-refractivity contribution in [2.75, 3.05) is 46.9 Å². The van der Waals surface area contributed by atoms with E-state index in [0.29, 0.717) is 12.6 Å². The number of aliphatic imine (C=N–C) groups is 1. The molecule has 0 aromatic rings. The largest absolute Gasteiger partial charge is 0.383 e. The Labute approximate surface area is 111 Å². The lowest BCUT2D eigenvalue weighted by Gasteiger charge is -2.27. The van der Waals surface area contributed by atoms with Crippen LogP contribution >= 0.6 is 0 Å². The summed E-state index contributed by atoms with van der Waals surface area (Å²) in [6, 6.07) is 0.619. The molecule has 5 nitrogen and oxygen atoms in total. The molecule has 0 bridgehead atoms. The molecule has 1 unspecified atom stereocenters. The summed E-state index contributed by atoms with van der Waals surface area (Å²) >= 11 is 0. The topological polar surface area (TPSA) is 48.9 Å². The van der Waals surface area contributed by atoms with E-state index in [0.717, 1.165) is 19.0 Å². The highest BCUT2D eigenvalue weighted by molar-refractivity contribution is 5.79. The minimum Gasteiger partial charge on any atom is -0.383 e. The number of nitrogens with one attached hydrogen (secondary N) is 2. The molecule has 0 aromatic carbocycles. The molecule has 1 fully saturated rings. The molecule has 1 atom stereocenters. The molecule has 1 rings (SSSR count). The number of nitrogens with zero attached hydrogens (tertiary/aromatic N) is 2. The monoisotopic (exact) mass is 256 g/mol. The molecule has 0 aliphatic carbocycles. The van der Waals surface area contributed by atoms with Gasteiger partial charge in [-0.2, -0.15) is 0 Å². The summed E-state index contributed by atoms with van der Waals surface area (Å²) < 4.78 is 5.01. The standard InChI is InChI=1S/C13H28N4O/c1-4-12(17-8-5-6-9-17)11-16-13(14-2)15-7-10-18-3/h12H,4-11H2,1-3H3,(H2,14,15,16). The zero-order chi connectivity index (χ0) is 13.2. The highest BCUT2D eigenvalue weighted by Gasteiger charge is 2.20. The van der Waals surface area contributed by atoms with Crippen molar-refractivity contribution >= 4 is 5.96 Å². The van der Waals surface area contributed by atoms with E-state index in [-0.39, 0.29) is 0 Å². The van der Waals surface area contributed by atoms with Gasteiger partial charge < -0.3 is 15.4 Å². The van der Waals surface area contributed by atoms with Crippen LogP contribution in [-0.2, 0) is 4.74 Å². The fourth-order valence-electron chi connectivity index (χ4n) is 2.34. The van der Waals surface area contributed by atoms with Crippen LogP contribution in [0.5, 0.6) is 0 Å². The molecule has 0 aromatic heterocycles. The zero-order valence-corrected chi connectivity index (χ0v) is 12.0. The summed E-state index contributed by atoms with van der Waals surface area (Å²) in [7, 11) is 3.51. The quantitative estimate of drug-likeness (QED) is 0.399. The molecule has 1 aliphatic heterocycles. The second-order valence-electron chi connectivity index (χ2n) is 4.68. The van der Waals surface area contributed by atoms with Gasteiger partial charge in [0.1, 0.15) is 0 Å². The van der Waals surface area contributed by atoms with Gasteiger partial charge in [-0.1, -0.05) is 6.92 Å². The van der Waals surface area contributed by atoms with Crippen LogP contribution in [0.4, 0.5) is 0 Å². The summed E-state index contributed by atoms with van der Waals surface area (Å²) in [5, 5.41) is 6.63. The van der Waals surface area contributed by atoms with Crippen molar-refractivity contribution in [3.05, 3.63) is 0 Å². The van der Waals surface area contributed by atoms with Crippen LogP contribution in [0.25, 0.3) is 0 Å². The predicted octanol–water partition coefficient (Wildman–Crippen LogP) is 0.672. The van der Waals surface area contributed by atoms with Crippen molar-refractivity contribution in [1.82, 2.24) is 15.5 Å². The maximum atomic E-state index is 5.01. The van der Waals surface area contributed by atoms with Crippen molar-refractivity contribution in [3.63, 3.8) is 0 Å². The number of likely N-dealkylation sites (tertiary alicyclic amines) is 1. The summed E-state index contributed by atoms with van der Waals surface area (Å²) in [6.45, 7) is 7.20. The van der Waals surface area contributed by atoms with Gasteiger partial charge in [0.15, 0.2) is 5.96 Å². The highest BCUT2D eigenvalue weighted by Crippen LogP contribution is 2.13. The average Bonchev–Trinajstić information content (AvgIpc) is 2.91. The normalized spacial score (nSPS) is 18.9. The van der Waals surface area contributed by atoms with Gasteiger partial charge in [-0.25, -0.2) is 0 Å². The van der Waals surface area contributed by atoms with Gasteiger partial charge in [-0.05, 0) is 32.4 Å². The minimum absolute atomic E-state index is 0.619. The Kier molecular flexibility index (Phi) is 7.76. The lowest BCUT2D eigenvalue weighted by molar-refractivity contribution is 0.203. The Bertz CT molecular complexity index is 239. The first-order chi connectivity index (χ1) is 8.81. The van der Waals surface area contributed by atoms with Gasteiger partial charge in [-0.3, -0.25) is 9.89 Å². The Balaban J connectivity index is 2.26. The van der Waals surface area contributed by atoms with E-state index in [1.54, 1.807) is 14.2 Å². The zero-order valence-electron chi connectivity index (χ0n) is 12.0. The summed E-state index contributed by atoms with van der Waals surface area (Å²) in [6.07, 6.45) is 3.87. The van der Waals surface area contributed by atoms with Gasteiger partial charge >= 0.3 is 0 Å². The Morgan fingerprint density at radius 3 is 2.61 bits per heavy atom. The van der Waals surface area contributed by atoms with Crippen LogP contribution in [0.15, 0.2) is 4.99 Å². The fourth-order valence-corrected chi connectivity index (χ4v) is 2.34. The second kappa shape index (κ2) is 9.16. The summed E-state index contributed by atoms with van der Waals surface area (Å²) in [4.78, 5) is 6.79. The van der Waals surface area contributed by atoms with E-state index < -0.39 is 0 Å². The van der Waals surface area contributed by atoms with E-state index >= 15 is 0 Å². The van der Waals surface area contributed by atoms with Crippen LogP contribution in [0.1, 0.15) is 26.2 Å². The smallest absolute Gasteiger partial charge is 0.191 e. The first kappa shape index (κ1) is 15.2. The number of methoxy groups -OCH3 is 1. The van der Waals surface area contributed by atoms with Crippen LogP contribution < -0.4 is 10.6 Å². The van der Waals surface area contributed by atoms with Crippen molar-refractivity contribution in [1.29, 1.82) is 0 Å². The minimum atomic E-state index is 0.619.